The molecule has 0 amide bonds. The minimum Gasteiger partial charge on any atom is -0.396 e. The summed E-state index contributed by atoms with van der Waals surface area (Å²) in [5.74, 6) is 4.80. The molecule has 35 nitrogen and oxygen atoms in total. The van der Waals surface area contributed by atoms with Gasteiger partial charge in [-0.05, 0) is 138 Å². The summed E-state index contributed by atoms with van der Waals surface area (Å²) in [5.41, 5.74) is 7.33. The number of aliphatic hydroxyl groups excluding tert-OH is 24. The standard InChI is InChI=1S/C14H14O2.C12H26O2.C11H17NO4S.C11H14O4.C9H20O2.C8H18N2O2.C8H18O5.C8H10O2.C8H16O2.C6H14O3.C6H10O2.C4H10O2/c15-9-11-5-1-3-7-13(11)14-8-4-2-6-12(14)10-16;13-11-9-7-5-3-1-2-4-6-8-10-12-14;1-10-2-4-11(5-3-10)17(15,16)12(6-8-13)7-9-14;12-6-9-10(7-13)15-11(14-9)8-4-2-1-3-5-8;10-8-6-4-2-1-3-5-7-9-11;11-7-5-9-1-2-10(4-3-9)6-8-12;9-1-3-11-5-7-13-8-6-12-4-2-10;9-5-7-1-2-8(6-10)4-3-7;1-2-3-4-5-6-8(10)7-9;1-5(7)3-9-4-6(2)8;1-5(7)3-4-6(2)8;5-3-1-2-4-6/h1-8,15-16H,9-10H2;13-14H,1-12H2;2-5,13-14H,6-9H2,1H3;1-5,9-13H,6-7H2;10-11H,1-9H2;11-12H,1-8H2;9-10H,1-8H2;1-4,9-10H,5-6H2;2,8-10H,1,3-7H2;5-8H,3-4H2,1-2H3;5-8H,1-2H3;5-6H,1-4H2/t;;;9-,10?,11?;;;;;;;;/m...0......../s1. The third kappa shape index (κ3) is 90.1. The van der Waals surface area contributed by atoms with Crippen molar-refractivity contribution in [1.29, 1.82) is 0 Å². The van der Waals surface area contributed by atoms with E-state index in [1.807, 2.05) is 91.9 Å². The van der Waals surface area contributed by atoms with E-state index in [4.69, 9.17) is 141 Å². The fourth-order valence-electron chi connectivity index (χ4n) is 12.2. The maximum absolute atomic E-state index is 12.1. The van der Waals surface area contributed by atoms with Crippen molar-refractivity contribution in [1.82, 2.24) is 14.1 Å². The normalized spacial score (nSPS) is 14.6. The molecule has 820 valence electrons. The number of aryl methyl sites for hydroxylation is 1. The molecule has 2 heterocycles. The Bertz CT molecular complexity index is 3400. The van der Waals surface area contributed by atoms with Gasteiger partial charge in [0.15, 0.2) is 6.29 Å². The summed E-state index contributed by atoms with van der Waals surface area (Å²) in [5, 5.41) is 208. The number of β-amino-alcohol motifs (C(OH)–C–C–N with tert-alkyl or cyclic N) is 2. The van der Waals surface area contributed by atoms with Crippen LogP contribution >= 0.6 is 0 Å². The van der Waals surface area contributed by atoms with Crippen LogP contribution in [0.4, 0.5) is 0 Å². The van der Waals surface area contributed by atoms with Gasteiger partial charge in [0, 0.05) is 97.6 Å². The van der Waals surface area contributed by atoms with E-state index in [-0.39, 0.29) is 117 Å². The number of piperazine rings is 1. The molecule has 0 aromatic heterocycles. The first-order valence-corrected chi connectivity index (χ1v) is 51.1. The monoisotopic (exact) mass is 2030 g/mol. The average Bonchev–Trinajstić information content (AvgIpc) is 1.81. The van der Waals surface area contributed by atoms with Crippen molar-refractivity contribution >= 4 is 10.0 Å². The van der Waals surface area contributed by atoms with Crippen LogP contribution in [0.1, 0.15) is 215 Å². The molecule has 24 N–H and O–H groups in total. The molecule has 0 spiro atoms. The quantitative estimate of drug-likeness (QED) is 0.0121. The first-order chi connectivity index (χ1) is 68.2. The van der Waals surface area contributed by atoms with Gasteiger partial charge in [-0.1, -0.05) is 229 Å². The first kappa shape index (κ1) is 143. The fraction of sp³-hybridized carbons (Fsp3) is 0.676. The van der Waals surface area contributed by atoms with Gasteiger partial charge in [-0.15, -0.1) is 6.58 Å². The Balaban J connectivity index is -0.000000481. The molecule has 2 saturated heterocycles. The van der Waals surface area contributed by atoms with E-state index in [0.717, 1.165) is 159 Å². The van der Waals surface area contributed by atoms with E-state index in [0.29, 0.717) is 85.7 Å². The number of unbranched alkanes of at least 4 members (excludes halogenated alkanes) is 18. The lowest BCUT2D eigenvalue weighted by molar-refractivity contribution is -0.0770. The number of aliphatic hydroxyl groups is 24. The van der Waals surface area contributed by atoms with Crippen LogP contribution in [-0.4, -0.2) is 392 Å². The summed E-state index contributed by atoms with van der Waals surface area (Å²) in [6, 6.07) is 38.5. The average molecular weight is 2040 g/mol. The molecule has 0 saturated carbocycles. The first-order valence-electron chi connectivity index (χ1n) is 49.7. The summed E-state index contributed by atoms with van der Waals surface area (Å²) >= 11 is 0. The highest BCUT2D eigenvalue weighted by atomic mass is 32.2. The molecule has 0 bridgehead atoms. The highest BCUT2D eigenvalue weighted by molar-refractivity contribution is 7.89. The molecule has 5 aromatic rings. The Hall–Kier alpha value is -5.97. The maximum Gasteiger partial charge on any atom is 0.243 e. The Morgan fingerprint density at radius 3 is 1.01 bits per heavy atom. The van der Waals surface area contributed by atoms with Crippen molar-refractivity contribution < 1.29 is 159 Å². The Morgan fingerprint density at radius 2 is 0.723 bits per heavy atom. The van der Waals surface area contributed by atoms with E-state index in [9.17, 15) is 18.6 Å². The van der Waals surface area contributed by atoms with Crippen molar-refractivity contribution in [2.45, 2.75) is 263 Å². The number of rotatable bonds is 60. The number of hydrogen-bond acceptors (Lipinski definition) is 34. The van der Waals surface area contributed by atoms with Gasteiger partial charge in [0.2, 0.25) is 10.0 Å². The second kappa shape index (κ2) is 108. The van der Waals surface area contributed by atoms with Gasteiger partial charge in [0.25, 0.3) is 0 Å². The predicted octanol–water partition coefficient (Wildman–Crippen LogP) is 5.97. The number of benzene rings is 5. The summed E-state index contributed by atoms with van der Waals surface area (Å²) in [4.78, 5) is 4.66. The van der Waals surface area contributed by atoms with E-state index < -0.39 is 59.0 Å². The summed E-state index contributed by atoms with van der Waals surface area (Å²) in [7, 11) is -3.63. The zero-order chi connectivity index (χ0) is 106. The van der Waals surface area contributed by atoms with Gasteiger partial charge >= 0.3 is 0 Å². The Morgan fingerprint density at radius 1 is 0.390 bits per heavy atom. The number of sulfonamides is 1. The van der Waals surface area contributed by atoms with Crippen LogP contribution in [0.15, 0.2) is 145 Å². The minimum atomic E-state index is -3.63. The maximum atomic E-state index is 12.1. The highest BCUT2D eigenvalue weighted by Crippen LogP contribution is 2.31. The van der Waals surface area contributed by atoms with Gasteiger partial charge in [0.1, 0.15) is 24.4 Å². The molecule has 141 heavy (non-hydrogen) atoms. The molecule has 7 rings (SSSR count). The second-order valence-corrected chi connectivity index (χ2v) is 34.6. The third-order valence-electron chi connectivity index (χ3n) is 19.9. The largest absolute Gasteiger partial charge is 0.396 e. The SMILES string of the molecule is C=CCCCCC(O)CO.CC(O)C#CC(C)O.CC(O)COCC(C)O.Cc1ccc(S(=O)(=O)N(CCO)CCO)cc1.OCC1OC(c2ccccc2)O[C@H]1CO.OCCCCCCCCCCCCO.OCCCCCCCCCO.OCCCCO.OCCN1CCN(CCO)CC1.OCCOCCOCCOCCO.OCc1ccc(CO)cc1.OCc1ccccc1-c1ccccc1CO. The van der Waals surface area contributed by atoms with Crippen LogP contribution in [-0.2, 0) is 64.9 Å². The molecule has 8 atom stereocenters. The van der Waals surface area contributed by atoms with E-state index in [1.165, 1.54) is 82.8 Å². The number of nitrogens with zero attached hydrogens (tertiary/aromatic N) is 3. The molecule has 7 unspecified atom stereocenters. The highest BCUT2D eigenvalue weighted by Gasteiger charge is 2.36. The lowest BCUT2D eigenvalue weighted by atomic mass is 9.96. The third-order valence-corrected chi connectivity index (χ3v) is 21.9. The Kier molecular flexibility index (Phi) is 110. The summed E-state index contributed by atoms with van der Waals surface area (Å²) in [6.07, 6.45) is 23.0. The van der Waals surface area contributed by atoms with E-state index in [1.54, 1.807) is 64.1 Å². The molecule has 0 aliphatic carbocycles. The molecular weight excluding hydrogens is 1850 g/mol. The molecule has 2 aliphatic rings. The molecule has 2 fully saturated rings. The second-order valence-electron chi connectivity index (χ2n) is 32.6. The van der Waals surface area contributed by atoms with Crippen LogP contribution in [0.3, 0.4) is 0 Å². The van der Waals surface area contributed by atoms with Crippen molar-refractivity contribution in [2.24, 2.45) is 0 Å². The van der Waals surface area contributed by atoms with Crippen LogP contribution in [0.25, 0.3) is 11.1 Å². The predicted molar refractivity (Wildman–Crippen MR) is 550 cm³/mol. The number of allylic oxidation sites excluding steroid dienone is 1. The smallest absolute Gasteiger partial charge is 0.243 e. The Labute approximate surface area is 842 Å². The van der Waals surface area contributed by atoms with Gasteiger partial charge in [-0.25, -0.2) is 8.42 Å². The molecule has 2 aliphatic heterocycles. The van der Waals surface area contributed by atoms with Crippen LogP contribution in [0.5, 0.6) is 0 Å². The minimum absolute atomic E-state index is 0.00986. The number of ether oxygens (including phenoxy) is 6. The lowest BCUT2D eigenvalue weighted by Gasteiger charge is -2.33. The van der Waals surface area contributed by atoms with Crippen LogP contribution in [0.2, 0.25) is 0 Å². The number of hydrogen-bond donors (Lipinski definition) is 24. The van der Waals surface area contributed by atoms with Crippen molar-refractivity contribution in [3.05, 3.63) is 173 Å². The van der Waals surface area contributed by atoms with Crippen molar-refractivity contribution in [3.63, 3.8) is 0 Å². The molecule has 5 aromatic carbocycles. The topological polar surface area (TPSA) is 585 Å². The van der Waals surface area contributed by atoms with Gasteiger partial charge in [-0.2, -0.15) is 4.31 Å². The molecule has 0 radical (unpaired) electrons. The van der Waals surface area contributed by atoms with Gasteiger partial charge in [-0.3, -0.25) is 9.80 Å². The lowest BCUT2D eigenvalue weighted by Crippen LogP contribution is -2.47. The van der Waals surface area contributed by atoms with Crippen molar-refractivity contribution in [2.75, 3.05) is 204 Å². The zero-order valence-electron chi connectivity index (χ0n) is 85.3. The molecule has 36 heteroatoms. The van der Waals surface area contributed by atoms with E-state index >= 15 is 0 Å². The zero-order valence-corrected chi connectivity index (χ0v) is 86.1. The summed E-state index contributed by atoms with van der Waals surface area (Å²) < 4.78 is 56.1. The van der Waals surface area contributed by atoms with Crippen LogP contribution in [0, 0.1) is 18.8 Å². The van der Waals surface area contributed by atoms with E-state index in [2.05, 4.69) is 28.2 Å². The van der Waals surface area contributed by atoms with Crippen LogP contribution < -0.4 is 0 Å². The van der Waals surface area contributed by atoms with Gasteiger partial charge < -0.3 is 151 Å². The van der Waals surface area contributed by atoms with Gasteiger partial charge in [0.05, 0.1) is 162 Å². The molecular formula is C105H187N3O32S. The van der Waals surface area contributed by atoms with Crippen molar-refractivity contribution in [3.8, 4) is 23.0 Å². The summed E-state index contributed by atoms with van der Waals surface area (Å²) in [6.45, 7) is 22.2. The fourth-order valence-corrected chi connectivity index (χ4v) is 13.6.